The number of rotatable bonds is 7. The summed E-state index contributed by atoms with van der Waals surface area (Å²) in [6.45, 7) is 4.49. The zero-order chi connectivity index (χ0) is 13.1. The Morgan fingerprint density at radius 3 is 2.56 bits per heavy atom. The molecule has 0 heterocycles. The van der Waals surface area contributed by atoms with Crippen molar-refractivity contribution in [1.82, 2.24) is 10.6 Å². The maximum Gasteiger partial charge on any atom is 0.191 e. The summed E-state index contributed by atoms with van der Waals surface area (Å²) in [5.41, 5.74) is 0. The second kappa shape index (κ2) is 9.33. The lowest BCUT2D eigenvalue weighted by Crippen LogP contribution is -2.39. The number of nitrogens with one attached hydrogen (secondary N) is 2. The molecule has 0 aliphatic rings. The van der Waals surface area contributed by atoms with E-state index in [0.29, 0.717) is 6.61 Å². The van der Waals surface area contributed by atoms with Gasteiger partial charge in [-0.3, -0.25) is 4.99 Å². The Morgan fingerprint density at radius 1 is 1.17 bits per heavy atom. The first-order chi connectivity index (χ1) is 8.86. The third kappa shape index (κ3) is 6.13. The molecule has 4 heteroatoms. The molecule has 0 spiro atoms. The minimum absolute atomic E-state index is 0.624. The highest BCUT2D eigenvalue weighted by molar-refractivity contribution is 5.79. The number of guanidine groups is 1. The standard InChI is InChI=1S/C14H23N3O/c1-3-4-10-16-14(15-2)17-11-12-18-13-8-6-5-7-9-13/h5-9H,3-4,10-12H2,1-2H3,(H2,15,16,17). The van der Waals surface area contributed by atoms with Gasteiger partial charge in [-0.2, -0.15) is 0 Å². The fourth-order valence-corrected chi connectivity index (χ4v) is 1.46. The minimum atomic E-state index is 0.624. The van der Waals surface area contributed by atoms with Crippen molar-refractivity contribution in [3.05, 3.63) is 30.3 Å². The quantitative estimate of drug-likeness (QED) is 0.441. The summed E-state index contributed by atoms with van der Waals surface area (Å²) in [7, 11) is 1.78. The highest BCUT2D eigenvalue weighted by Gasteiger charge is 1.96. The predicted molar refractivity (Wildman–Crippen MR) is 76.2 cm³/mol. The first-order valence-electron chi connectivity index (χ1n) is 6.49. The summed E-state index contributed by atoms with van der Waals surface area (Å²) in [4.78, 5) is 4.14. The van der Waals surface area contributed by atoms with Crippen LogP contribution >= 0.6 is 0 Å². The Kier molecular flexibility index (Phi) is 7.44. The van der Waals surface area contributed by atoms with E-state index in [1.165, 1.54) is 6.42 Å². The molecular weight excluding hydrogens is 226 g/mol. The first-order valence-corrected chi connectivity index (χ1v) is 6.49. The Balaban J connectivity index is 2.12. The number of aliphatic imine (C=N–C) groups is 1. The highest BCUT2D eigenvalue weighted by Crippen LogP contribution is 2.07. The molecule has 0 bridgehead atoms. The fourth-order valence-electron chi connectivity index (χ4n) is 1.46. The Bertz CT molecular complexity index is 338. The van der Waals surface area contributed by atoms with Crippen LogP contribution in [0.25, 0.3) is 0 Å². The summed E-state index contributed by atoms with van der Waals surface area (Å²) in [6, 6.07) is 9.81. The van der Waals surface area contributed by atoms with E-state index in [9.17, 15) is 0 Å². The normalized spacial score (nSPS) is 11.1. The lowest BCUT2D eigenvalue weighted by Gasteiger charge is -2.12. The summed E-state index contributed by atoms with van der Waals surface area (Å²) in [5.74, 6) is 1.73. The molecule has 0 aliphatic carbocycles. The number of hydrogen-bond acceptors (Lipinski definition) is 2. The van der Waals surface area contributed by atoms with Gasteiger partial charge in [0, 0.05) is 13.6 Å². The van der Waals surface area contributed by atoms with E-state index in [-0.39, 0.29) is 0 Å². The van der Waals surface area contributed by atoms with Crippen LogP contribution in [-0.2, 0) is 0 Å². The van der Waals surface area contributed by atoms with Gasteiger partial charge in [-0.15, -0.1) is 0 Å². The number of unbranched alkanes of at least 4 members (excludes halogenated alkanes) is 1. The van der Waals surface area contributed by atoms with Crippen molar-refractivity contribution < 1.29 is 4.74 Å². The van der Waals surface area contributed by atoms with Crippen molar-refractivity contribution in [2.24, 2.45) is 4.99 Å². The maximum absolute atomic E-state index is 5.58. The molecule has 2 N–H and O–H groups in total. The molecule has 0 aromatic heterocycles. The number of hydrogen-bond donors (Lipinski definition) is 2. The largest absolute Gasteiger partial charge is 0.492 e. The van der Waals surface area contributed by atoms with Gasteiger partial charge in [0.2, 0.25) is 0 Å². The molecule has 0 fully saturated rings. The molecule has 0 aliphatic heterocycles. The fraction of sp³-hybridized carbons (Fsp3) is 0.500. The Labute approximate surface area is 109 Å². The van der Waals surface area contributed by atoms with Crippen LogP contribution in [0.1, 0.15) is 19.8 Å². The topological polar surface area (TPSA) is 45.7 Å². The molecule has 0 amide bonds. The van der Waals surface area contributed by atoms with Crippen molar-refractivity contribution in [3.63, 3.8) is 0 Å². The van der Waals surface area contributed by atoms with Crippen molar-refractivity contribution in [2.45, 2.75) is 19.8 Å². The van der Waals surface area contributed by atoms with E-state index < -0.39 is 0 Å². The lowest BCUT2D eigenvalue weighted by molar-refractivity contribution is 0.322. The summed E-state index contributed by atoms with van der Waals surface area (Å²) >= 11 is 0. The monoisotopic (exact) mass is 249 g/mol. The number of nitrogens with zero attached hydrogens (tertiary/aromatic N) is 1. The average Bonchev–Trinajstić information content (AvgIpc) is 2.43. The van der Waals surface area contributed by atoms with Crippen molar-refractivity contribution >= 4 is 5.96 Å². The number of benzene rings is 1. The van der Waals surface area contributed by atoms with Gasteiger partial charge in [-0.05, 0) is 18.6 Å². The molecule has 1 rings (SSSR count). The second-order valence-electron chi connectivity index (χ2n) is 3.94. The predicted octanol–water partition coefficient (Wildman–Crippen LogP) is 2.03. The SMILES string of the molecule is CCCCNC(=NC)NCCOc1ccccc1. The molecule has 0 atom stereocenters. The molecule has 100 valence electrons. The van der Waals surface area contributed by atoms with Crippen LogP contribution in [0.5, 0.6) is 5.75 Å². The van der Waals surface area contributed by atoms with E-state index in [4.69, 9.17) is 4.74 Å². The van der Waals surface area contributed by atoms with Crippen LogP contribution in [0.15, 0.2) is 35.3 Å². The van der Waals surface area contributed by atoms with Gasteiger partial charge in [0.25, 0.3) is 0 Å². The van der Waals surface area contributed by atoms with Crippen molar-refractivity contribution in [2.75, 3.05) is 26.7 Å². The highest BCUT2D eigenvalue weighted by atomic mass is 16.5. The van der Waals surface area contributed by atoms with E-state index in [1.807, 2.05) is 30.3 Å². The van der Waals surface area contributed by atoms with Crippen LogP contribution in [0.3, 0.4) is 0 Å². The van der Waals surface area contributed by atoms with Crippen LogP contribution < -0.4 is 15.4 Å². The molecular formula is C14H23N3O. The van der Waals surface area contributed by atoms with Crippen molar-refractivity contribution in [1.29, 1.82) is 0 Å². The van der Waals surface area contributed by atoms with Gasteiger partial charge in [-0.25, -0.2) is 0 Å². The van der Waals surface area contributed by atoms with Crippen LogP contribution in [0, 0.1) is 0 Å². The molecule has 18 heavy (non-hydrogen) atoms. The number of ether oxygens (including phenoxy) is 1. The van der Waals surface area contributed by atoms with Gasteiger partial charge in [0.1, 0.15) is 12.4 Å². The molecule has 1 aromatic rings. The zero-order valence-electron chi connectivity index (χ0n) is 11.3. The van der Waals surface area contributed by atoms with Crippen LogP contribution in [-0.4, -0.2) is 32.7 Å². The van der Waals surface area contributed by atoms with Gasteiger partial charge >= 0.3 is 0 Å². The zero-order valence-corrected chi connectivity index (χ0v) is 11.3. The third-order valence-corrected chi connectivity index (χ3v) is 2.45. The molecule has 0 saturated heterocycles. The van der Waals surface area contributed by atoms with Gasteiger partial charge < -0.3 is 15.4 Å². The smallest absolute Gasteiger partial charge is 0.191 e. The first kappa shape index (κ1) is 14.4. The van der Waals surface area contributed by atoms with Crippen LogP contribution in [0.2, 0.25) is 0 Å². The summed E-state index contributed by atoms with van der Waals surface area (Å²) in [5, 5.41) is 6.46. The summed E-state index contributed by atoms with van der Waals surface area (Å²) in [6.07, 6.45) is 2.34. The second-order valence-corrected chi connectivity index (χ2v) is 3.94. The van der Waals surface area contributed by atoms with Crippen molar-refractivity contribution in [3.8, 4) is 5.75 Å². The van der Waals surface area contributed by atoms with Gasteiger partial charge in [0.15, 0.2) is 5.96 Å². The van der Waals surface area contributed by atoms with Crippen LogP contribution in [0.4, 0.5) is 0 Å². The molecule has 1 aromatic carbocycles. The lowest BCUT2D eigenvalue weighted by atomic mass is 10.3. The Hall–Kier alpha value is -1.71. The van der Waals surface area contributed by atoms with E-state index in [0.717, 1.165) is 31.2 Å². The van der Waals surface area contributed by atoms with E-state index in [1.54, 1.807) is 7.05 Å². The van der Waals surface area contributed by atoms with Gasteiger partial charge in [0.05, 0.1) is 6.54 Å². The Morgan fingerprint density at radius 2 is 1.89 bits per heavy atom. The maximum atomic E-state index is 5.58. The molecule has 0 unspecified atom stereocenters. The molecule has 0 radical (unpaired) electrons. The average molecular weight is 249 g/mol. The number of para-hydroxylation sites is 1. The molecule has 4 nitrogen and oxygen atoms in total. The third-order valence-electron chi connectivity index (χ3n) is 2.45. The summed E-state index contributed by atoms with van der Waals surface area (Å²) < 4.78 is 5.58. The minimum Gasteiger partial charge on any atom is -0.492 e. The van der Waals surface area contributed by atoms with E-state index >= 15 is 0 Å². The molecule has 0 saturated carbocycles. The van der Waals surface area contributed by atoms with E-state index in [2.05, 4.69) is 22.5 Å². The van der Waals surface area contributed by atoms with Gasteiger partial charge in [-0.1, -0.05) is 31.5 Å².